The number of aliphatic hydroxyl groups excluding tert-OH is 1. The fourth-order valence-corrected chi connectivity index (χ4v) is 5.11. The Morgan fingerprint density at radius 3 is 2.44 bits per heavy atom. The van der Waals surface area contributed by atoms with Gasteiger partial charge in [0.05, 0.1) is 28.9 Å². The molecular weight excluding hydrogens is 455 g/mol. The van der Waals surface area contributed by atoms with Gasteiger partial charge in [0.2, 0.25) is 0 Å². The fraction of sp³-hybridized carbons (Fsp3) is 0.115. The monoisotopic (exact) mass is 474 g/mol. The second-order valence-electron chi connectivity index (χ2n) is 7.92. The van der Waals surface area contributed by atoms with E-state index in [1.54, 1.807) is 31.4 Å². The highest BCUT2D eigenvalue weighted by atomic mass is 32.1. The van der Waals surface area contributed by atoms with Gasteiger partial charge in [0.15, 0.2) is 5.13 Å². The zero-order chi connectivity index (χ0) is 24.0. The van der Waals surface area contributed by atoms with E-state index >= 15 is 0 Å². The number of aliphatic hydroxyl groups is 1. The van der Waals surface area contributed by atoms with Crippen molar-refractivity contribution in [3.63, 3.8) is 0 Å². The zero-order valence-electron chi connectivity index (χ0n) is 18.3. The third-order valence-corrected chi connectivity index (χ3v) is 6.75. The molecule has 0 radical (unpaired) electrons. The average molecular weight is 475 g/mol. The van der Waals surface area contributed by atoms with Crippen LogP contribution in [0.25, 0.3) is 16.0 Å². The van der Waals surface area contributed by atoms with E-state index in [1.807, 2.05) is 25.1 Å². The Bertz CT molecular complexity index is 1460. The van der Waals surface area contributed by atoms with Crippen LogP contribution in [0.5, 0.6) is 5.75 Å². The number of ether oxygens (including phenoxy) is 1. The molecule has 5 rings (SSSR count). The van der Waals surface area contributed by atoms with Gasteiger partial charge in [-0.2, -0.15) is 0 Å². The van der Waals surface area contributed by atoms with Gasteiger partial charge in [-0.15, -0.1) is 0 Å². The summed E-state index contributed by atoms with van der Waals surface area (Å²) in [5.74, 6) is -1.87. The maximum absolute atomic E-state index is 13.4. The molecule has 2 heterocycles. The first-order chi connectivity index (χ1) is 16.4. The highest BCUT2D eigenvalue weighted by Gasteiger charge is 2.48. The lowest BCUT2D eigenvalue weighted by Gasteiger charge is -2.23. The van der Waals surface area contributed by atoms with Gasteiger partial charge in [-0.3, -0.25) is 14.5 Å². The Morgan fingerprint density at radius 1 is 1.06 bits per heavy atom. The molecule has 1 saturated heterocycles. The van der Waals surface area contributed by atoms with E-state index in [0.717, 1.165) is 10.3 Å². The summed E-state index contributed by atoms with van der Waals surface area (Å²) in [7, 11) is 1.54. The number of nitrogens with zero attached hydrogens (tertiary/aromatic N) is 2. The number of anilines is 1. The van der Waals surface area contributed by atoms with Crippen molar-refractivity contribution < 1.29 is 23.8 Å². The standard InChI is InChI=1S/C26H19FN2O4S/c1-14-3-12-19-20(13-14)34-26(28-19)29-22(15-6-10-18(33-2)11-7-15)21(24(31)25(29)32)23(30)16-4-8-17(27)9-5-16/h3-13,22,30H,1-2H3/b23-21+. The van der Waals surface area contributed by atoms with E-state index in [9.17, 15) is 19.1 Å². The Balaban J connectivity index is 1.72. The van der Waals surface area contributed by atoms with Gasteiger partial charge < -0.3 is 9.84 Å². The molecule has 0 aliphatic carbocycles. The number of hydrogen-bond acceptors (Lipinski definition) is 6. The predicted molar refractivity (Wildman–Crippen MR) is 129 cm³/mol. The number of methoxy groups -OCH3 is 1. The van der Waals surface area contributed by atoms with E-state index in [2.05, 4.69) is 4.98 Å². The average Bonchev–Trinajstić information content (AvgIpc) is 3.37. The predicted octanol–water partition coefficient (Wildman–Crippen LogP) is 5.38. The third-order valence-electron chi connectivity index (χ3n) is 5.73. The second-order valence-corrected chi connectivity index (χ2v) is 8.93. The number of aryl methyl sites for hydroxylation is 1. The van der Waals surface area contributed by atoms with Crippen molar-refractivity contribution in [2.45, 2.75) is 13.0 Å². The van der Waals surface area contributed by atoms with Crippen LogP contribution in [0.15, 0.2) is 72.3 Å². The lowest BCUT2D eigenvalue weighted by molar-refractivity contribution is -0.132. The molecule has 4 aromatic rings. The Kier molecular flexibility index (Phi) is 5.37. The minimum atomic E-state index is -0.919. The lowest BCUT2D eigenvalue weighted by atomic mass is 9.95. The van der Waals surface area contributed by atoms with E-state index < -0.39 is 23.5 Å². The van der Waals surface area contributed by atoms with Gasteiger partial charge in [-0.05, 0) is 66.6 Å². The van der Waals surface area contributed by atoms with Gasteiger partial charge in [0.1, 0.15) is 17.3 Å². The quantitative estimate of drug-likeness (QED) is 0.244. The molecule has 1 atom stereocenters. The molecule has 1 fully saturated rings. The van der Waals surface area contributed by atoms with Crippen molar-refractivity contribution in [1.29, 1.82) is 0 Å². The van der Waals surface area contributed by atoms with Crippen LogP contribution in [-0.2, 0) is 9.59 Å². The second kappa shape index (κ2) is 8.39. The van der Waals surface area contributed by atoms with Crippen LogP contribution < -0.4 is 9.64 Å². The first kappa shape index (κ1) is 21.8. The van der Waals surface area contributed by atoms with E-state index in [-0.39, 0.29) is 16.9 Å². The number of Topliss-reactive ketones (excluding diaryl/α,β-unsaturated/α-hetero) is 1. The number of thiazole rings is 1. The van der Waals surface area contributed by atoms with Gasteiger partial charge in [-0.25, -0.2) is 9.37 Å². The summed E-state index contributed by atoms with van der Waals surface area (Å²) in [5.41, 5.74) is 2.50. The summed E-state index contributed by atoms with van der Waals surface area (Å²) in [5, 5.41) is 11.4. The highest BCUT2D eigenvalue weighted by molar-refractivity contribution is 7.22. The topological polar surface area (TPSA) is 79.7 Å². The number of benzene rings is 3. The largest absolute Gasteiger partial charge is 0.507 e. The SMILES string of the molecule is COc1ccc(C2/C(=C(\O)c3ccc(F)cc3)C(=O)C(=O)N2c2nc3ccc(C)cc3s2)cc1. The highest BCUT2D eigenvalue weighted by Crippen LogP contribution is 2.44. The van der Waals surface area contributed by atoms with E-state index in [0.29, 0.717) is 22.0 Å². The molecule has 1 aromatic heterocycles. The normalized spacial score (nSPS) is 17.5. The van der Waals surface area contributed by atoms with Crippen molar-refractivity contribution in [2.24, 2.45) is 0 Å². The number of halogens is 1. The molecule has 1 unspecified atom stereocenters. The lowest BCUT2D eigenvalue weighted by Crippen LogP contribution is -2.29. The number of rotatable bonds is 4. The van der Waals surface area contributed by atoms with Gasteiger partial charge in [-0.1, -0.05) is 29.5 Å². The molecule has 0 saturated carbocycles. The summed E-state index contributed by atoms with van der Waals surface area (Å²) in [6, 6.07) is 16.8. The summed E-state index contributed by atoms with van der Waals surface area (Å²) in [6.45, 7) is 1.96. The minimum absolute atomic E-state index is 0.0859. The molecule has 8 heteroatoms. The molecule has 0 spiro atoms. The molecule has 6 nitrogen and oxygen atoms in total. The smallest absolute Gasteiger partial charge is 0.301 e. The van der Waals surface area contributed by atoms with Gasteiger partial charge in [0, 0.05) is 5.56 Å². The van der Waals surface area contributed by atoms with E-state index in [4.69, 9.17) is 4.74 Å². The number of hydrogen-bond donors (Lipinski definition) is 1. The molecule has 1 amide bonds. The van der Waals surface area contributed by atoms with E-state index in [1.165, 1.54) is 40.5 Å². The van der Waals surface area contributed by atoms with Crippen LogP contribution >= 0.6 is 11.3 Å². The van der Waals surface area contributed by atoms with Crippen LogP contribution in [0.4, 0.5) is 9.52 Å². The first-order valence-corrected chi connectivity index (χ1v) is 11.3. The molecule has 1 aliphatic rings. The maximum atomic E-state index is 13.4. The third kappa shape index (κ3) is 3.62. The Hall–Kier alpha value is -4.04. The molecule has 1 aliphatic heterocycles. The molecule has 1 N–H and O–H groups in total. The van der Waals surface area contributed by atoms with Crippen molar-refractivity contribution in [1.82, 2.24) is 4.98 Å². The molecule has 0 bridgehead atoms. The summed E-state index contributed by atoms with van der Waals surface area (Å²) in [6.07, 6.45) is 0. The molecular formula is C26H19FN2O4S. The van der Waals surface area contributed by atoms with Crippen LogP contribution in [-0.4, -0.2) is 28.9 Å². The Morgan fingerprint density at radius 2 is 1.76 bits per heavy atom. The summed E-state index contributed by atoms with van der Waals surface area (Å²) in [4.78, 5) is 32.4. The number of ketones is 1. The van der Waals surface area contributed by atoms with Gasteiger partial charge >= 0.3 is 5.91 Å². The van der Waals surface area contributed by atoms with Crippen molar-refractivity contribution >= 4 is 44.1 Å². The van der Waals surface area contributed by atoms with Crippen LogP contribution in [0, 0.1) is 12.7 Å². The maximum Gasteiger partial charge on any atom is 0.301 e. The van der Waals surface area contributed by atoms with Gasteiger partial charge in [0.25, 0.3) is 5.78 Å². The van der Waals surface area contributed by atoms with Crippen molar-refractivity contribution in [3.8, 4) is 5.75 Å². The minimum Gasteiger partial charge on any atom is -0.507 e. The number of carbonyl (C=O) groups excluding carboxylic acids is 2. The first-order valence-electron chi connectivity index (χ1n) is 10.5. The molecule has 34 heavy (non-hydrogen) atoms. The van der Waals surface area contributed by atoms with Crippen LogP contribution in [0.3, 0.4) is 0 Å². The molecule has 170 valence electrons. The van der Waals surface area contributed by atoms with Crippen LogP contribution in [0.2, 0.25) is 0 Å². The van der Waals surface area contributed by atoms with Crippen LogP contribution in [0.1, 0.15) is 22.7 Å². The number of fused-ring (bicyclic) bond motifs is 1. The number of amides is 1. The summed E-state index contributed by atoms with van der Waals surface area (Å²) < 4.78 is 19.6. The zero-order valence-corrected chi connectivity index (χ0v) is 19.1. The number of aromatic nitrogens is 1. The van der Waals surface area contributed by atoms with Crippen molar-refractivity contribution in [3.05, 3.63) is 94.8 Å². The summed E-state index contributed by atoms with van der Waals surface area (Å²) >= 11 is 1.30. The molecule has 3 aromatic carbocycles. The number of carbonyl (C=O) groups is 2. The van der Waals surface area contributed by atoms with Crippen molar-refractivity contribution in [2.75, 3.05) is 12.0 Å². The Labute approximate surface area is 198 Å². The fourth-order valence-electron chi connectivity index (χ4n) is 4.02.